The van der Waals surface area contributed by atoms with Crippen molar-refractivity contribution in [2.75, 3.05) is 11.5 Å². The average molecular weight is 305 g/mol. The van der Waals surface area contributed by atoms with Crippen molar-refractivity contribution in [3.05, 3.63) is 46.1 Å². The van der Waals surface area contributed by atoms with E-state index in [1.54, 1.807) is 0 Å². The fourth-order valence-corrected chi connectivity index (χ4v) is 2.46. The number of anilines is 1. The number of nitriles is 1. The molecule has 1 heterocycles. The zero-order valence-electron chi connectivity index (χ0n) is 10.9. The molecule has 0 unspecified atom stereocenters. The lowest BCUT2D eigenvalue weighted by molar-refractivity contribution is 0.902. The van der Waals surface area contributed by atoms with Gasteiger partial charge in [0.1, 0.15) is 17.5 Å². The summed E-state index contributed by atoms with van der Waals surface area (Å²) in [7, 11) is 0. The van der Waals surface area contributed by atoms with Crippen LogP contribution in [0.1, 0.15) is 23.7 Å². The molecule has 0 aliphatic heterocycles. The number of nitrogens with zero attached hydrogens (tertiary/aromatic N) is 3. The van der Waals surface area contributed by atoms with Crippen LogP contribution in [0.3, 0.4) is 0 Å². The van der Waals surface area contributed by atoms with Crippen LogP contribution >= 0.6 is 23.4 Å². The van der Waals surface area contributed by atoms with Crippen molar-refractivity contribution in [1.29, 1.82) is 5.26 Å². The van der Waals surface area contributed by atoms with Gasteiger partial charge in [-0.3, -0.25) is 0 Å². The van der Waals surface area contributed by atoms with Gasteiger partial charge in [-0.2, -0.15) is 5.26 Å². The highest BCUT2D eigenvalue weighted by Crippen LogP contribution is 2.22. The Bertz CT molecular complexity index is 649. The van der Waals surface area contributed by atoms with E-state index in [2.05, 4.69) is 16.0 Å². The molecule has 2 aromatic rings. The first-order valence-electron chi connectivity index (χ1n) is 6.07. The third-order valence-corrected chi connectivity index (χ3v) is 3.64. The van der Waals surface area contributed by atoms with Gasteiger partial charge >= 0.3 is 0 Å². The monoisotopic (exact) mass is 304 g/mol. The van der Waals surface area contributed by atoms with Crippen LogP contribution in [0.2, 0.25) is 5.02 Å². The molecular weight excluding hydrogens is 292 g/mol. The number of rotatable bonds is 4. The van der Waals surface area contributed by atoms with Crippen molar-refractivity contribution >= 4 is 29.2 Å². The Kier molecular flexibility index (Phi) is 4.83. The molecule has 2 N–H and O–H groups in total. The largest absolute Gasteiger partial charge is 0.382 e. The molecule has 0 amide bonds. The van der Waals surface area contributed by atoms with E-state index in [9.17, 15) is 5.26 Å². The minimum absolute atomic E-state index is 0.238. The minimum Gasteiger partial charge on any atom is -0.382 e. The number of thioether (sulfide) groups is 1. The molecule has 0 atom stereocenters. The molecule has 0 aliphatic carbocycles. The number of nitrogens with two attached hydrogens (primary N) is 1. The van der Waals surface area contributed by atoms with E-state index < -0.39 is 0 Å². The van der Waals surface area contributed by atoms with Crippen molar-refractivity contribution in [3.63, 3.8) is 0 Å². The second kappa shape index (κ2) is 6.60. The quantitative estimate of drug-likeness (QED) is 0.693. The van der Waals surface area contributed by atoms with E-state index in [4.69, 9.17) is 17.3 Å². The Morgan fingerprint density at radius 3 is 2.60 bits per heavy atom. The summed E-state index contributed by atoms with van der Waals surface area (Å²) in [4.78, 5) is 8.56. The third-order valence-electron chi connectivity index (χ3n) is 2.66. The lowest BCUT2D eigenvalue weighted by atomic mass is 10.1. The topological polar surface area (TPSA) is 75.6 Å². The van der Waals surface area contributed by atoms with Crippen molar-refractivity contribution in [1.82, 2.24) is 9.97 Å². The van der Waals surface area contributed by atoms with Gasteiger partial charge < -0.3 is 5.73 Å². The SMILES string of the molecule is CCSc1nc(N)c(C#N)c(Cc2ccc(Cl)cc2)n1. The number of aromatic nitrogens is 2. The fraction of sp³-hybridized carbons (Fsp3) is 0.214. The van der Waals surface area contributed by atoms with Crippen LogP contribution in [0.5, 0.6) is 0 Å². The highest BCUT2D eigenvalue weighted by atomic mass is 35.5. The molecule has 20 heavy (non-hydrogen) atoms. The molecule has 0 saturated heterocycles. The third kappa shape index (κ3) is 3.41. The maximum absolute atomic E-state index is 9.20. The molecule has 2 rings (SSSR count). The van der Waals surface area contributed by atoms with Gasteiger partial charge in [0.25, 0.3) is 0 Å². The van der Waals surface area contributed by atoms with Gasteiger partial charge in [0.15, 0.2) is 5.16 Å². The van der Waals surface area contributed by atoms with E-state index in [0.717, 1.165) is 11.3 Å². The molecule has 6 heteroatoms. The van der Waals surface area contributed by atoms with Crippen LogP contribution in [0.15, 0.2) is 29.4 Å². The van der Waals surface area contributed by atoms with Crippen LogP contribution in [0.4, 0.5) is 5.82 Å². The molecule has 0 bridgehead atoms. The molecular formula is C14H13ClN4S. The maximum Gasteiger partial charge on any atom is 0.189 e. The molecule has 102 valence electrons. The summed E-state index contributed by atoms with van der Waals surface area (Å²) in [6.45, 7) is 2.02. The first-order valence-corrected chi connectivity index (χ1v) is 7.44. The summed E-state index contributed by atoms with van der Waals surface area (Å²) >= 11 is 7.37. The number of hydrogen-bond donors (Lipinski definition) is 1. The lowest BCUT2D eigenvalue weighted by Gasteiger charge is -2.08. The summed E-state index contributed by atoms with van der Waals surface area (Å²) in [6.07, 6.45) is 0.532. The summed E-state index contributed by atoms with van der Waals surface area (Å²) in [6, 6.07) is 9.53. The van der Waals surface area contributed by atoms with Gasteiger partial charge in [-0.05, 0) is 23.4 Å². The summed E-state index contributed by atoms with van der Waals surface area (Å²) in [5.74, 6) is 1.09. The van der Waals surface area contributed by atoms with Crippen LogP contribution in [0, 0.1) is 11.3 Å². The second-order valence-corrected chi connectivity index (χ2v) is 5.73. The lowest BCUT2D eigenvalue weighted by Crippen LogP contribution is -2.06. The van der Waals surface area contributed by atoms with Gasteiger partial charge in [-0.15, -0.1) is 0 Å². The molecule has 0 spiro atoms. The minimum atomic E-state index is 0.238. The Balaban J connectivity index is 2.38. The first-order chi connectivity index (χ1) is 9.63. The predicted octanol–water partition coefficient (Wildman–Crippen LogP) is 3.29. The standard InChI is InChI=1S/C14H13ClN4S/c1-2-20-14-18-12(11(8-16)13(17)19-14)7-9-3-5-10(15)6-4-9/h3-6H,2,7H2,1H3,(H2,17,18,19). The highest BCUT2D eigenvalue weighted by molar-refractivity contribution is 7.99. The molecule has 0 radical (unpaired) electrons. The van der Waals surface area contributed by atoms with Crippen molar-refractivity contribution in [3.8, 4) is 6.07 Å². The smallest absolute Gasteiger partial charge is 0.189 e. The summed E-state index contributed by atoms with van der Waals surface area (Å²) in [5.41, 5.74) is 7.86. The van der Waals surface area contributed by atoms with E-state index in [-0.39, 0.29) is 5.82 Å². The molecule has 1 aromatic carbocycles. The van der Waals surface area contributed by atoms with Gasteiger partial charge in [0.2, 0.25) is 0 Å². The number of halogens is 1. The van der Waals surface area contributed by atoms with Crippen LogP contribution in [-0.4, -0.2) is 15.7 Å². The Morgan fingerprint density at radius 2 is 2.00 bits per heavy atom. The zero-order valence-corrected chi connectivity index (χ0v) is 12.5. The van der Waals surface area contributed by atoms with Gasteiger partial charge in [-0.1, -0.05) is 42.4 Å². The van der Waals surface area contributed by atoms with E-state index in [1.807, 2.05) is 31.2 Å². The molecule has 0 aliphatic rings. The van der Waals surface area contributed by atoms with Crippen LogP contribution in [0.25, 0.3) is 0 Å². The predicted molar refractivity (Wildman–Crippen MR) is 81.8 cm³/mol. The zero-order chi connectivity index (χ0) is 14.5. The van der Waals surface area contributed by atoms with E-state index in [0.29, 0.717) is 27.9 Å². The van der Waals surface area contributed by atoms with Crippen LogP contribution < -0.4 is 5.73 Å². The highest BCUT2D eigenvalue weighted by Gasteiger charge is 2.12. The van der Waals surface area contributed by atoms with Gasteiger partial charge in [-0.25, -0.2) is 9.97 Å². The van der Waals surface area contributed by atoms with Gasteiger partial charge in [0.05, 0.1) is 5.69 Å². The number of nitrogen functional groups attached to an aromatic ring is 1. The maximum atomic E-state index is 9.20. The molecule has 0 saturated carbocycles. The van der Waals surface area contributed by atoms with Crippen LogP contribution in [-0.2, 0) is 6.42 Å². The van der Waals surface area contributed by atoms with E-state index >= 15 is 0 Å². The molecule has 0 fully saturated rings. The normalized spacial score (nSPS) is 10.2. The Hall–Kier alpha value is -1.77. The number of benzene rings is 1. The van der Waals surface area contributed by atoms with Crippen molar-refractivity contribution < 1.29 is 0 Å². The van der Waals surface area contributed by atoms with Crippen molar-refractivity contribution in [2.45, 2.75) is 18.5 Å². The van der Waals surface area contributed by atoms with E-state index in [1.165, 1.54) is 11.8 Å². The summed E-state index contributed by atoms with van der Waals surface area (Å²) in [5, 5.41) is 10.5. The van der Waals surface area contributed by atoms with Gasteiger partial charge in [0, 0.05) is 11.4 Å². The van der Waals surface area contributed by atoms with Crippen molar-refractivity contribution in [2.24, 2.45) is 0 Å². The Morgan fingerprint density at radius 1 is 1.30 bits per heavy atom. The molecule has 4 nitrogen and oxygen atoms in total. The molecule has 1 aromatic heterocycles. The Labute approximate surface area is 127 Å². The summed E-state index contributed by atoms with van der Waals surface area (Å²) < 4.78 is 0. The number of hydrogen-bond acceptors (Lipinski definition) is 5. The fourth-order valence-electron chi connectivity index (χ4n) is 1.74. The first kappa shape index (κ1) is 14.6. The second-order valence-electron chi connectivity index (χ2n) is 4.06. The average Bonchev–Trinajstić information content (AvgIpc) is 2.42.